The monoisotopic (exact) mass is 406 g/mol. The Hall–Kier alpha value is -4.07. The van der Waals surface area contributed by atoms with Crippen LogP contribution in [0.4, 0.5) is 20.6 Å². The Labute approximate surface area is 171 Å². The lowest BCUT2D eigenvalue weighted by Gasteiger charge is -2.13. The molecule has 7 nitrogen and oxygen atoms in total. The average Bonchev–Trinajstić information content (AvgIpc) is 3.11. The van der Waals surface area contributed by atoms with Crippen molar-refractivity contribution in [2.24, 2.45) is 0 Å². The summed E-state index contributed by atoms with van der Waals surface area (Å²) in [6.45, 7) is 0. The summed E-state index contributed by atoms with van der Waals surface area (Å²) in [6.07, 6.45) is 3.29. The predicted molar refractivity (Wildman–Crippen MR) is 114 cm³/mol. The first-order chi connectivity index (χ1) is 14.6. The van der Waals surface area contributed by atoms with Gasteiger partial charge in [0.1, 0.15) is 17.3 Å². The summed E-state index contributed by atoms with van der Waals surface area (Å²) in [5, 5.41) is 6.14. The Kier molecular flexibility index (Phi) is 5.21. The van der Waals surface area contributed by atoms with Gasteiger partial charge in [0.2, 0.25) is 0 Å². The van der Waals surface area contributed by atoms with Gasteiger partial charge >= 0.3 is 6.03 Å². The molecule has 3 N–H and O–H groups in total. The van der Waals surface area contributed by atoms with Gasteiger partial charge in [-0.25, -0.2) is 9.18 Å². The molecule has 0 aliphatic heterocycles. The molecule has 0 spiro atoms. The third-order valence-corrected chi connectivity index (χ3v) is 4.62. The number of amides is 2. The summed E-state index contributed by atoms with van der Waals surface area (Å²) in [7, 11) is 3.04. The van der Waals surface area contributed by atoms with Crippen molar-refractivity contribution in [2.45, 2.75) is 0 Å². The van der Waals surface area contributed by atoms with Crippen LogP contribution in [0.3, 0.4) is 0 Å². The molecule has 2 heterocycles. The first-order valence-electron chi connectivity index (χ1n) is 9.10. The van der Waals surface area contributed by atoms with Crippen molar-refractivity contribution in [3.8, 4) is 22.8 Å². The van der Waals surface area contributed by atoms with Crippen molar-refractivity contribution in [3.63, 3.8) is 0 Å². The van der Waals surface area contributed by atoms with E-state index >= 15 is 0 Å². The molecule has 2 aromatic heterocycles. The largest absolute Gasteiger partial charge is 0.497 e. The van der Waals surface area contributed by atoms with Crippen molar-refractivity contribution < 1.29 is 18.7 Å². The van der Waals surface area contributed by atoms with Crippen LogP contribution in [-0.2, 0) is 0 Å². The second kappa shape index (κ2) is 8.12. The van der Waals surface area contributed by atoms with Crippen LogP contribution < -0.4 is 20.1 Å². The first-order valence-corrected chi connectivity index (χ1v) is 9.10. The van der Waals surface area contributed by atoms with Gasteiger partial charge in [0, 0.05) is 34.9 Å². The summed E-state index contributed by atoms with van der Waals surface area (Å²) in [6, 6.07) is 12.5. The maximum atomic E-state index is 13.9. The number of pyridine rings is 1. The summed E-state index contributed by atoms with van der Waals surface area (Å²) < 4.78 is 24.4. The van der Waals surface area contributed by atoms with Gasteiger partial charge in [0.05, 0.1) is 31.3 Å². The Morgan fingerprint density at radius 1 is 1.00 bits per heavy atom. The van der Waals surface area contributed by atoms with Gasteiger partial charge in [-0.3, -0.25) is 4.98 Å². The van der Waals surface area contributed by atoms with Crippen LogP contribution in [0, 0.1) is 5.82 Å². The molecule has 0 bridgehead atoms. The third kappa shape index (κ3) is 3.75. The molecule has 4 rings (SSSR count). The highest BCUT2D eigenvalue weighted by Crippen LogP contribution is 2.36. The number of aromatic amines is 1. The highest BCUT2D eigenvalue weighted by atomic mass is 19.1. The summed E-state index contributed by atoms with van der Waals surface area (Å²) in [5.41, 5.74) is 3.03. The summed E-state index contributed by atoms with van der Waals surface area (Å²) in [4.78, 5) is 20.1. The Bertz CT molecular complexity index is 1210. The van der Waals surface area contributed by atoms with Crippen LogP contribution in [0.5, 0.6) is 11.5 Å². The van der Waals surface area contributed by atoms with E-state index in [-0.39, 0.29) is 0 Å². The molecule has 0 aliphatic rings. The fourth-order valence-corrected chi connectivity index (χ4v) is 3.21. The minimum atomic E-state index is -0.512. The molecule has 0 radical (unpaired) electrons. The zero-order valence-electron chi connectivity index (χ0n) is 16.3. The second-order valence-electron chi connectivity index (χ2n) is 6.45. The van der Waals surface area contributed by atoms with Gasteiger partial charge in [-0.05, 0) is 42.5 Å². The minimum Gasteiger partial charge on any atom is -0.497 e. The molecular formula is C22H19FN4O3. The zero-order chi connectivity index (χ0) is 21.1. The van der Waals surface area contributed by atoms with Gasteiger partial charge in [-0.15, -0.1) is 0 Å². The van der Waals surface area contributed by atoms with Crippen molar-refractivity contribution in [1.29, 1.82) is 0 Å². The molecule has 8 heteroatoms. The van der Waals surface area contributed by atoms with Crippen LogP contribution in [0.1, 0.15) is 0 Å². The van der Waals surface area contributed by atoms with E-state index in [9.17, 15) is 9.18 Å². The van der Waals surface area contributed by atoms with E-state index < -0.39 is 11.8 Å². The number of ether oxygens (including phenoxy) is 2. The number of nitrogens with one attached hydrogen (secondary N) is 3. The van der Waals surface area contributed by atoms with Crippen LogP contribution in [0.15, 0.2) is 60.9 Å². The van der Waals surface area contributed by atoms with E-state index in [4.69, 9.17) is 9.47 Å². The lowest BCUT2D eigenvalue weighted by atomic mass is 10.1. The fraction of sp³-hybridized carbons (Fsp3) is 0.0909. The molecule has 0 fully saturated rings. The number of urea groups is 1. The second-order valence-corrected chi connectivity index (χ2v) is 6.45. The maximum absolute atomic E-state index is 13.9. The molecule has 30 heavy (non-hydrogen) atoms. The fourth-order valence-electron chi connectivity index (χ4n) is 3.21. The van der Waals surface area contributed by atoms with E-state index in [0.29, 0.717) is 39.5 Å². The summed E-state index contributed by atoms with van der Waals surface area (Å²) in [5.74, 6) is 0.642. The molecule has 2 amide bonds. The lowest BCUT2D eigenvalue weighted by molar-refractivity contribution is 0.262. The zero-order valence-corrected chi connectivity index (χ0v) is 16.3. The van der Waals surface area contributed by atoms with Crippen LogP contribution in [0.2, 0.25) is 0 Å². The number of fused-ring (bicyclic) bond motifs is 1. The number of hydrogen-bond acceptors (Lipinski definition) is 4. The molecule has 2 aromatic carbocycles. The number of hydrogen-bond donors (Lipinski definition) is 3. The quantitative estimate of drug-likeness (QED) is 0.434. The number of carbonyl (C=O) groups excluding carboxylic acids is 1. The Morgan fingerprint density at radius 3 is 2.53 bits per heavy atom. The molecule has 0 saturated heterocycles. The van der Waals surface area contributed by atoms with E-state index in [1.54, 1.807) is 48.8 Å². The van der Waals surface area contributed by atoms with Gasteiger partial charge in [0.25, 0.3) is 0 Å². The minimum absolute atomic E-state index is 0.402. The molecule has 0 unspecified atom stereocenters. The SMILES string of the molecule is COc1ccc(OC)c(NC(=O)Nc2c(-c3ccncc3)[nH]c3ccc(F)cc23)c1. The highest BCUT2D eigenvalue weighted by molar-refractivity contribution is 6.11. The van der Waals surface area contributed by atoms with Crippen molar-refractivity contribution in [2.75, 3.05) is 24.9 Å². The molecule has 152 valence electrons. The average molecular weight is 406 g/mol. The van der Waals surface area contributed by atoms with E-state index in [0.717, 1.165) is 5.56 Å². The number of benzene rings is 2. The number of rotatable bonds is 5. The smallest absolute Gasteiger partial charge is 0.323 e. The van der Waals surface area contributed by atoms with Crippen molar-refractivity contribution >= 4 is 28.3 Å². The van der Waals surface area contributed by atoms with Crippen molar-refractivity contribution in [1.82, 2.24) is 9.97 Å². The normalized spacial score (nSPS) is 10.6. The number of H-pyrrole nitrogens is 1. The van der Waals surface area contributed by atoms with Gasteiger partial charge in [-0.2, -0.15) is 0 Å². The van der Waals surface area contributed by atoms with Crippen molar-refractivity contribution in [3.05, 3.63) is 66.7 Å². The number of halogens is 1. The standard InChI is InChI=1S/C22H19FN4O3/c1-29-15-4-6-19(30-2)18(12-15)26-22(28)27-21-16-11-14(23)3-5-17(16)25-20(21)13-7-9-24-10-8-13/h3-12,25H,1-2H3,(H2,26,27,28). The number of anilines is 2. The molecular weight excluding hydrogens is 387 g/mol. The number of methoxy groups -OCH3 is 2. The third-order valence-electron chi connectivity index (χ3n) is 4.62. The predicted octanol–water partition coefficient (Wildman–Crippen LogP) is 5.03. The lowest BCUT2D eigenvalue weighted by Crippen LogP contribution is -2.20. The van der Waals surface area contributed by atoms with E-state index in [1.807, 2.05) is 0 Å². The molecule has 0 aliphatic carbocycles. The topological polar surface area (TPSA) is 88.3 Å². The summed E-state index contributed by atoms with van der Waals surface area (Å²) >= 11 is 0. The van der Waals surface area contributed by atoms with Crippen LogP contribution in [-0.4, -0.2) is 30.2 Å². The highest BCUT2D eigenvalue weighted by Gasteiger charge is 2.17. The number of aromatic nitrogens is 2. The van der Waals surface area contributed by atoms with Gasteiger partial charge in [-0.1, -0.05) is 0 Å². The Balaban J connectivity index is 1.71. The van der Waals surface area contributed by atoms with E-state index in [2.05, 4.69) is 20.6 Å². The Morgan fingerprint density at radius 2 is 1.80 bits per heavy atom. The molecule has 0 saturated carbocycles. The van der Waals surface area contributed by atoms with Crippen LogP contribution >= 0.6 is 0 Å². The van der Waals surface area contributed by atoms with Gasteiger partial charge in [0.15, 0.2) is 0 Å². The van der Waals surface area contributed by atoms with Gasteiger partial charge < -0.3 is 25.1 Å². The van der Waals surface area contributed by atoms with Crippen LogP contribution in [0.25, 0.3) is 22.2 Å². The molecule has 4 aromatic rings. The molecule has 0 atom stereocenters. The van der Waals surface area contributed by atoms with E-state index in [1.165, 1.54) is 26.4 Å². The maximum Gasteiger partial charge on any atom is 0.323 e. The number of carbonyl (C=O) groups is 1. The number of nitrogens with zero attached hydrogens (tertiary/aromatic N) is 1. The first kappa shape index (κ1) is 19.3.